The third kappa shape index (κ3) is 2.36. The number of benzene rings is 1. The van der Waals surface area contributed by atoms with Crippen molar-refractivity contribution in [3.63, 3.8) is 0 Å². The number of aryl methyl sites for hydroxylation is 1. The lowest BCUT2D eigenvalue weighted by molar-refractivity contribution is -0.117. The Morgan fingerprint density at radius 2 is 2.33 bits per heavy atom. The Labute approximate surface area is 131 Å². The monoisotopic (exact) mass is 317 g/mol. The summed E-state index contributed by atoms with van der Waals surface area (Å²) < 4.78 is 1.19. The summed E-state index contributed by atoms with van der Waals surface area (Å²) in [5.41, 5.74) is 3.65. The Bertz CT molecular complexity index is 723. The van der Waals surface area contributed by atoms with Crippen molar-refractivity contribution in [2.75, 3.05) is 17.6 Å². The summed E-state index contributed by atoms with van der Waals surface area (Å²) in [6.07, 6.45) is 2.30. The van der Waals surface area contributed by atoms with Crippen LogP contribution in [0.3, 0.4) is 0 Å². The first-order valence-corrected chi connectivity index (χ1v) is 8.90. The van der Waals surface area contributed by atoms with E-state index in [0.29, 0.717) is 0 Å². The SMILES string of the molecule is CC(=O)[C@H]1CSC(c2nc3cc4c(cc3s2)NCCC4)=N1. The highest BCUT2D eigenvalue weighted by molar-refractivity contribution is 8.15. The van der Waals surface area contributed by atoms with Gasteiger partial charge in [0, 0.05) is 18.0 Å². The van der Waals surface area contributed by atoms with Gasteiger partial charge in [-0.15, -0.1) is 23.1 Å². The average Bonchev–Trinajstić information content (AvgIpc) is 3.11. The molecule has 0 saturated heterocycles. The third-order valence-electron chi connectivity index (χ3n) is 3.85. The molecule has 0 bridgehead atoms. The smallest absolute Gasteiger partial charge is 0.155 e. The van der Waals surface area contributed by atoms with Crippen molar-refractivity contribution >= 4 is 49.8 Å². The van der Waals surface area contributed by atoms with E-state index in [4.69, 9.17) is 4.98 Å². The van der Waals surface area contributed by atoms with Gasteiger partial charge in [-0.1, -0.05) is 0 Å². The van der Waals surface area contributed by atoms with E-state index in [1.54, 1.807) is 30.0 Å². The van der Waals surface area contributed by atoms with E-state index in [0.717, 1.165) is 34.3 Å². The fraction of sp³-hybridized carbons (Fsp3) is 0.400. The number of thioether (sulfide) groups is 1. The highest BCUT2D eigenvalue weighted by Gasteiger charge is 2.25. The summed E-state index contributed by atoms with van der Waals surface area (Å²) >= 11 is 3.31. The van der Waals surface area contributed by atoms with Crippen LogP contribution in [-0.2, 0) is 11.2 Å². The largest absolute Gasteiger partial charge is 0.385 e. The molecule has 4 nitrogen and oxygen atoms in total. The molecule has 2 aliphatic rings. The number of rotatable bonds is 2. The molecule has 2 aromatic rings. The summed E-state index contributed by atoms with van der Waals surface area (Å²) in [5.74, 6) is 0.886. The predicted octanol–water partition coefficient (Wildman–Crippen LogP) is 3.11. The number of aromatic nitrogens is 1. The van der Waals surface area contributed by atoms with E-state index in [1.807, 2.05) is 0 Å². The number of carbonyl (C=O) groups excluding carboxylic acids is 1. The molecule has 1 aromatic heterocycles. The minimum Gasteiger partial charge on any atom is -0.385 e. The van der Waals surface area contributed by atoms with Crippen molar-refractivity contribution in [1.82, 2.24) is 4.98 Å². The van der Waals surface area contributed by atoms with E-state index in [1.165, 1.54) is 22.4 Å². The van der Waals surface area contributed by atoms with E-state index < -0.39 is 0 Å². The van der Waals surface area contributed by atoms with Crippen molar-refractivity contribution in [3.05, 3.63) is 22.7 Å². The van der Waals surface area contributed by atoms with Crippen molar-refractivity contribution in [3.8, 4) is 0 Å². The molecule has 21 heavy (non-hydrogen) atoms. The van der Waals surface area contributed by atoms with Crippen LogP contribution in [0.1, 0.15) is 23.9 Å². The lowest BCUT2D eigenvalue weighted by Gasteiger charge is -2.17. The Balaban J connectivity index is 1.74. The maximum absolute atomic E-state index is 11.4. The number of hydrogen-bond acceptors (Lipinski definition) is 6. The highest BCUT2D eigenvalue weighted by Crippen LogP contribution is 2.34. The number of nitrogens with zero attached hydrogens (tertiary/aromatic N) is 2. The standard InChI is InChI=1S/C15H15N3OS2/c1-8(19)12-7-20-14(18-12)15-17-11-5-9-3-2-4-16-10(9)6-13(11)21-15/h5-6,12,16H,2-4,7H2,1H3/t12-/m1/s1. The van der Waals surface area contributed by atoms with Gasteiger partial charge in [-0.3, -0.25) is 9.79 Å². The van der Waals surface area contributed by atoms with Crippen LogP contribution in [0.5, 0.6) is 0 Å². The number of thiazole rings is 1. The summed E-state index contributed by atoms with van der Waals surface area (Å²) in [5, 5.41) is 5.32. The first-order chi connectivity index (χ1) is 10.2. The summed E-state index contributed by atoms with van der Waals surface area (Å²) in [6, 6.07) is 4.21. The minimum absolute atomic E-state index is 0.137. The van der Waals surface area contributed by atoms with Gasteiger partial charge in [0.2, 0.25) is 0 Å². The Hall–Kier alpha value is -1.40. The van der Waals surface area contributed by atoms with Crippen LogP contribution >= 0.6 is 23.1 Å². The molecule has 108 valence electrons. The molecule has 0 amide bonds. The quantitative estimate of drug-likeness (QED) is 0.925. The molecule has 0 aliphatic carbocycles. The molecule has 4 rings (SSSR count). The fourth-order valence-electron chi connectivity index (χ4n) is 2.68. The molecule has 0 spiro atoms. The van der Waals surface area contributed by atoms with Gasteiger partial charge < -0.3 is 5.32 Å². The molecule has 1 N–H and O–H groups in total. The third-order valence-corrected chi connectivity index (χ3v) is 6.06. The molecule has 3 heterocycles. The molecule has 0 radical (unpaired) electrons. The second-order valence-corrected chi connectivity index (χ2v) is 7.44. The molecule has 6 heteroatoms. The molecule has 1 aromatic carbocycles. The maximum atomic E-state index is 11.4. The van der Waals surface area contributed by atoms with Crippen LogP contribution in [0.2, 0.25) is 0 Å². The van der Waals surface area contributed by atoms with Crippen molar-refractivity contribution < 1.29 is 4.79 Å². The first-order valence-electron chi connectivity index (χ1n) is 7.09. The molecule has 2 aliphatic heterocycles. The lowest BCUT2D eigenvalue weighted by Crippen LogP contribution is -2.14. The van der Waals surface area contributed by atoms with Crippen LogP contribution in [-0.4, -0.2) is 34.2 Å². The zero-order valence-corrected chi connectivity index (χ0v) is 13.3. The number of ketones is 1. The van der Waals surface area contributed by atoms with Crippen LogP contribution in [0.4, 0.5) is 5.69 Å². The van der Waals surface area contributed by atoms with E-state index >= 15 is 0 Å². The normalized spacial score (nSPS) is 21.0. The van der Waals surface area contributed by atoms with Crippen molar-refractivity contribution in [2.24, 2.45) is 4.99 Å². The van der Waals surface area contributed by atoms with Crippen LogP contribution in [0.25, 0.3) is 10.2 Å². The maximum Gasteiger partial charge on any atom is 0.155 e. The number of nitrogens with one attached hydrogen (secondary N) is 1. The Morgan fingerprint density at radius 3 is 3.14 bits per heavy atom. The zero-order chi connectivity index (χ0) is 14.4. The number of aliphatic imine (C=N–C) groups is 1. The molecule has 0 saturated carbocycles. The van der Waals surface area contributed by atoms with Gasteiger partial charge in [0.1, 0.15) is 16.1 Å². The summed E-state index contributed by atoms with van der Waals surface area (Å²) in [6.45, 7) is 2.66. The second kappa shape index (κ2) is 5.10. The average molecular weight is 317 g/mol. The number of fused-ring (bicyclic) bond motifs is 2. The molecule has 0 fully saturated rings. The predicted molar refractivity (Wildman–Crippen MR) is 89.9 cm³/mol. The molecular formula is C15H15N3OS2. The summed E-state index contributed by atoms with van der Waals surface area (Å²) in [4.78, 5) is 20.7. The van der Waals surface area contributed by atoms with Gasteiger partial charge >= 0.3 is 0 Å². The van der Waals surface area contributed by atoms with Gasteiger partial charge in [0.05, 0.1) is 10.2 Å². The first kappa shape index (κ1) is 13.3. The number of Topliss-reactive ketones (excluding diaryl/α,β-unsaturated/α-hetero) is 1. The van der Waals surface area contributed by atoms with Gasteiger partial charge in [0.25, 0.3) is 0 Å². The van der Waals surface area contributed by atoms with Crippen molar-refractivity contribution in [1.29, 1.82) is 0 Å². The van der Waals surface area contributed by atoms with E-state index in [9.17, 15) is 4.79 Å². The zero-order valence-electron chi connectivity index (χ0n) is 11.7. The molecule has 0 unspecified atom stereocenters. The summed E-state index contributed by atoms with van der Waals surface area (Å²) in [7, 11) is 0. The highest BCUT2D eigenvalue weighted by atomic mass is 32.2. The Morgan fingerprint density at radius 1 is 1.43 bits per heavy atom. The lowest BCUT2D eigenvalue weighted by atomic mass is 10.0. The number of anilines is 1. The van der Waals surface area contributed by atoms with Crippen LogP contribution in [0, 0.1) is 0 Å². The van der Waals surface area contributed by atoms with Crippen LogP contribution in [0.15, 0.2) is 17.1 Å². The van der Waals surface area contributed by atoms with Gasteiger partial charge in [-0.25, -0.2) is 4.98 Å². The van der Waals surface area contributed by atoms with Gasteiger partial charge in [0.15, 0.2) is 5.78 Å². The fourth-order valence-corrected chi connectivity index (χ4v) is 4.86. The minimum atomic E-state index is -0.188. The van der Waals surface area contributed by atoms with Crippen molar-refractivity contribution in [2.45, 2.75) is 25.8 Å². The Kier molecular flexibility index (Phi) is 3.23. The topological polar surface area (TPSA) is 54.4 Å². The van der Waals surface area contributed by atoms with E-state index in [2.05, 4.69) is 22.4 Å². The number of hydrogen-bond donors (Lipinski definition) is 1. The molecule has 1 atom stereocenters. The van der Waals surface area contributed by atoms with Crippen LogP contribution < -0.4 is 5.32 Å². The molecular weight excluding hydrogens is 302 g/mol. The van der Waals surface area contributed by atoms with E-state index in [-0.39, 0.29) is 11.8 Å². The van der Waals surface area contributed by atoms with Gasteiger partial charge in [-0.05, 0) is 37.5 Å². The number of carbonyl (C=O) groups is 1. The second-order valence-electron chi connectivity index (χ2n) is 5.40. The van der Waals surface area contributed by atoms with Gasteiger partial charge in [-0.2, -0.15) is 0 Å².